The number of halogens is 2. The fraction of sp³-hybridized carbons (Fsp3) is 0.562. The Balaban J connectivity index is 1.89. The summed E-state index contributed by atoms with van der Waals surface area (Å²) in [4.78, 5) is 12.0. The van der Waals surface area contributed by atoms with E-state index in [1.54, 1.807) is 19.1 Å². The first-order valence-corrected chi connectivity index (χ1v) is 9.02. The number of carbonyl (C=O) groups excluding carboxylic acids is 1. The maximum atomic E-state index is 12.4. The standard InChI is InChI=1S/C16H22F2N2O3S/c1-2-22-14-7-11(3-4-13(14)23-16(17)18)9-20-15(21)8-12-10-24-6-5-19-12/h3-4,7,12,16,19H,2,5-6,8-10H2,1H3,(H,20,21). The minimum atomic E-state index is -2.91. The Morgan fingerprint density at radius 3 is 2.96 bits per heavy atom. The number of rotatable bonds is 8. The molecule has 0 bridgehead atoms. The van der Waals surface area contributed by atoms with E-state index in [0.717, 1.165) is 23.6 Å². The molecule has 1 saturated heterocycles. The van der Waals surface area contributed by atoms with E-state index in [1.165, 1.54) is 6.07 Å². The fourth-order valence-corrected chi connectivity index (χ4v) is 3.32. The average Bonchev–Trinajstić information content (AvgIpc) is 2.56. The van der Waals surface area contributed by atoms with Gasteiger partial charge in [-0.3, -0.25) is 4.79 Å². The number of amides is 1. The Bertz CT molecular complexity index is 540. The Morgan fingerprint density at radius 1 is 1.46 bits per heavy atom. The van der Waals surface area contributed by atoms with Crippen LogP contribution in [0.15, 0.2) is 18.2 Å². The molecule has 1 atom stereocenters. The van der Waals surface area contributed by atoms with Crippen molar-refractivity contribution in [2.45, 2.75) is 32.5 Å². The van der Waals surface area contributed by atoms with E-state index >= 15 is 0 Å². The molecule has 8 heteroatoms. The number of nitrogens with one attached hydrogen (secondary N) is 2. The lowest BCUT2D eigenvalue weighted by Gasteiger charge is -2.22. The third kappa shape index (κ3) is 6.16. The fourth-order valence-electron chi connectivity index (χ4n) is 2.37. The van der Waals surface area contributed by atoms with Crippen LogP contribution in [0.3, 0.4) is 0 Å². The molecule has 0 radical (unpaired) electrons. The van der Waals surface area contributed by atoms with Gasteiger partial charge in [-0.2, -0.15) is 20.5 Å². The highest BCUT2D eigenvalue weighted by Crippen LogP contribution is 2.29. The van der Waals surface area contributed by atoms with Crippen molar-refractivity contribution in [3.05, 3.63) is 23.8 Å². The zero-order valence-corrected chi connectivity index (χ0v) is 14.3. The summed E-state index contributed by atoms with van der Waals surface area (Å²) in [6, 6.07) is 4.87. The van der Waals surface area contributed by atoms with Gasteiger partial charge in [0.25, 0.3) is 0 Å². The first-order valence-electron chi connectivity index (χ1n) is 7.87. The van der Waals surface area contributed by atoms with Crippen molar-refractivity contribution in [2.24, 2.45) is 0 Å². The number of carbonyl (C=O) groups is 1. The van der Waals surface area contributed by atoms with Gasteiger partial charge in [0.2, 0.25) is 5.91 Å². The van der Waals surface area contributed by atoms with Crippen LogP contribution in [0.4, 0.5) is 8.78 Å². The molecule has 1 fully saturated rings. The van der Waals surface area contributed by atoms with Gasteiger partial charge in [0, 0.05) is 37.1 Å². The van der Waals surface area contributed by atoms with E-state index in [4.69, 9.17) is 4.74 Å². The molecule has 0 saturated carbocycles. The summed E-state index contributed by atoms with van der Waals surface area (Å²) in [5, 5.41) is 6.15. The van der Waals surface area contributed by atoms with Gasteiger partial charge in [-0.15, -0.1) is 0 Å². The molecule has 0 aromatic heterocycles. The van der Waals surface area contributed by atoms with Crippen LogP contribution in [-0.4, -0.2) is 43.2 Å². The molecule has 1 aliphatic rings. The lowest BCUT2D eigenvalue weighted by atomic mass is 10.2. The topological polar surface area (TPSA) is 59.6 Å². The second-order valence-corrected chi connectivity index (χ2v) is 6.45. The van der Waals surface area contributed by atoms with Gasteiger partial charge in [-0.1, -0.05) is 6.07 Å². The zero-order chi connectivity index (χ0) is 17.4. The van der Waals surface area contributed by atoms with E-state index in [9.17, 15) is 13.6 Å². The number of alkyl halides is 2. The number of ether oxygens (including phenoxy) is 2. The Labute approximate surface area is 144 Å². The Morgan fingerprint density at radius 2 is 2.29 bits per heavy atom. The highest BCUT2D eigenvalue weighted by atomic mass is 32.2. The van der Waals surface area contributed by atoms with Gasteiger partial charge in [0.15, 0.2) is 11.5 Å². The maximum Gasteiger partial charge on any atom is 0.387 e. The molecule has 1 aliphatic heterocycles. The monoisotopic (exact) mass is 360 g/mol. The Kier molecular flexibility index (Phi) is 7.58. The van der Waals surface area contributed by atoms with Gasteiger partial charge in [-0.05, 0) is 24.6 Å². The molecule has 0 spiro atoms. The van der Waals surface area contributed by atoms with Crippen molar-refractivity contribution in [3.8, 4) is 11.5 Å². The summed E-state index contributed by atoms with van der Waals surface area (Å²) >= 11 is 1.84. The number of thioether (sulfide) groups is 1. The molecule has 1 aromatic carbocycles. The van der Waals surface area contributed by atoms with Crippen molar-refractivity contribution in [1.29, 1.82) is 0 Å². The third-order valence-corrected chi connectivity index (χ3v) is 4.57. The molecule has 1 amide bonds. The van der Waals surface area contributed by atoms with Gasteiger partial charge in [-0.25, -0.2) is 0 Å². The summed E-state index contributed by atoms with van der Waals surface area (Å²) in [6.45, 7) is 0.422. The van der Waals surface area contributed by atoms with Crippen molar-refractivity contribution in [2.75, 3.05) is 24.7 Å². The molecule has 2 rings (SSSR count). The van der Waals surface area contributed by atoms with Crippen LogP contribution in [0.1, 0.15) is 18.9 Å². The second kappa shape index (κ2) is 9.68. The van der Waals surface area contributed by atoms with Crippen LogP contribution in [0.2, 0.25) is 0 Å². The number of hydrogen-bond acceptors (Lipinski definition) is 5. The highest BCUT2D eigenvalue weighted by molar-refractivity contribution is 7.99. The SMILES string of the molecule is CCOc1cc(CNC(=O)CC2CSCCN2)ccc1OC(F)F. The average molecular weight is 360 g/mol. The van der Waals surface area contributed by atoms with Crippen LogP contribution >= 0.6 is 11.8 Å². The molecule has 5 nitrogen and oxygen atoms in total. The minimum absolute atomic E-state index is 0.00893. The predicted molar refractivity (Wildman–Crippen MR) is 89.8 cm³/mol. The van der Waals surface area contributed by atoms with Gasteiger partial charge in [0.05, 0.1) is 6.61 Å². The summed E-state index contributed by atoms with van der Waals surface area (Å²) < 4.78 is 34.5. The van der Waals surface area contributed by atoms with Crippen LogP contribution in [0.5, 0.6) is 11.5 Å². The zero-order valence-electron chi connectivity index (χ0n) is 13.5. The normalized spacial score (nSPS) is 17.6. The summed E-state index contributed by atoms with van der Waals surface area (Å²) in [5.74, 6) is 2.20. The highest BCUT2D eigenvalue weighted by Gasteiger charge is 2.17. The van der Waals surface area contributed by atoms with Gasteiger partial charge in [0.1, 0.15) is 0 Å². The van der Waals surface area contributed by atoms with Crippen molar-refractivity contribution in [1.82, 2.24) is 10.6 Å². The molecule has 0 aliphatic carbocycles. The van der Waals surface area contributed by atoms with Crippen molar-refractivity contribution >= 4 is 17.7 Å². The lowest BCUT2D eigenvalue weighted by molar-refractivity contribution is -0.121. The maximum absolute atomic E-state index is 12.4. The molecular weight excluding hydrogens is 338 g/mol. The van der Waals surface area contributed by atoms with E-state index in [1.807, 2.05) is 11.8 Å². The smallest absolute Gasteiger partial charge is 0.387 e. The first kappa shape index (κ1) is 18.8. The van der Waals surface area contributed by atoms with E-state index in [2.05, 4.69) is 15.4 Å². The van der Waals surface area contributed by atoms with Crippen LogP contribution in [0, 0.1) is 0 Å². The molecule has 134 valence electrons. The third-order valence-electron chi connectivity index (χ3n) is 3.44. The largest absolute Gasteiger partial charge is 0.490 e. The number of benzene rings is 1. The van der Waals surface area contributed by atoms with Crippen molar-refractivity contribution < 1.29 is 23.0 Å². The quantitative estimate of drug-likeness (QED) is 0.746. The Hall–Kier alpha value is -1.54. The van der Waals surface area contributed by atoms with Crippen LogP contribution in [0.25, 0.3) is 0 Å². The summed E-state index contributed by atoms with van der Waals surface area (Å²) in [5.41, 5.74) is 0.763. The van der Waals surface area contributed by atoms with E-state index in [-0.39, 0.29) is 23.4 Å². The second-order valence-electron chi connectivity index (χ2n) is 5.30. The van der Waals surface area contributed by atoms with E-state index in [0.29, 0.717) is 19.6 Å². The van der Waals surface area contributed by atoms with Crippen LogP contribution in [-0.2, 0) is 11.3 Å². The lowest BCUT2D eigenvalue weighted by Crippen LogP contribution is -2.41. The van der Waals surface area contributed by atoms with Crippen LogP contribution < -0.4 is 20.1 Å². The molecule has 1 aromatic rings. The molecule has 1 heterocycles. The van der Waals surface area contributed by atoms with E-state index < -0.39 is 6.61 Å². The summed E-state index contributed by atoms with van der Waals surface area (Å²) in [6.07, 6.45) is 0.428. The first-order chi connectivity index (χ1) is 11.6. The minimum Gasteiger partial charge on any atom is -0.490 e. The van der Waals surface area contributed by atoms with Gasteiger partial charge < -0.3 is 20.1 Å². The summed E-state index contributed by atoms with van der Waals surface area (Å²) in [7, 11) is 0. The molecule has 2 N–H and O–H groups in total. The van der Waals surface area contributed by atoms with Gasteiger partial charge >= 0.3 is 6.61 Å². The predicted octanol–water partition coefficient (Wildman–Crippen LogP) is 2.40. The van der Waals surface area contributed by atoms with Crippen molar-refractivity contribution in [3.63, 3.8) is 0 Å². The number of hydrogen-bond donors (Lipinski definition) is 2. The molecule has 1 unspecified atom stereocenters. The molecule has 24 heavy (non-hydrogen) atoms. The molecular formula is C16H22F2N2O3S.